The molecule has 18 heavy (non-hydrogen) atoms. The third kappa shape index (κ3) is 4.68. The Morgan fingerprint density at radius 1 is 1.22 bits per heavy atom. The van der Waals surface area contributed by atoms with Crippen LogP contribution in [0.4, 0.5) is 0 Å². The zero-order valence-electron chi connectivity index (χ0n) is 11.0. The lowest BCUT2D eigenvalue weighted by atomic mass is 10.1. The van der Waals surface area contributed by atoms with Crippen LogP contribution in [0.5, 0.6) is 5.75 Å². The van der Waals surface area contributed by atoms with E-state index in [1.165, 1.54) is 5.56 Å². The van der Waals surface area contributed by atoms with Gasteiger partial charge in [-0.1, -0.05) is 19.1 Å². The van der Waals surface area contributed by atoms with Crippen LogP contribution >= 0.6 is 23.2 Å². The Morgan fingerprint density at radius 2 is 1.89 bits per heavy atom. The maximum Gasteiger partial charge on any atom is 0.119 e. The molecule has 1 rings (SSSR count). The van der Waals surface area contributed by atoms with E-state index >= 15 is 0 Å². The molecule has 0 fully saturated rings. The number of hydrogen-bond donors (Lipinski definition) is 0. The second-order valence-electron chi connectivity index (χ2n) is 4.26. The van der Waals surface area contributed by atoms with E-state index in [0.29, 0.717) is 11.8 Å². The Bertz CT molecular complexity index is 329. The third-order valence-corrected chi connectivity index (χ3v) is 3.31. The number of alkyl halides is 2. The van der Waals surface area contributed by atoms with Gasteiger partial charge in [-0.2, -0.15) is 0 Å². The fourth-order valence-corrected chi connectivity index (χ4v) is 2.44. The van der Waals surface area contributed by atoms with Gasteiger partial charge in [-0.3, -0.25) is 4.90 Å². The van der Waals surface area contributed by atoms with Gasteiger partial charge in [0.05, 0.1) is 6.61 Å². The van der Waals surface area contributed by atoms with Crippen molar-refractivity contribution < 1.29 is 4.74 Å². The molecule has 1 atom stereocenters. The quantitative estimate of drug-likeness (QED) is 0.673. The Labute approximate surface area is 120 Å². The van der Waals surface area contributed by atoms with Crippen molar-refractivity contribution in [2.24, 2.45) is 0 Å². The molecule has 0 radical (unpaired) electrons. The molecule has 1 aromatic carbocycles. The van der Waals surface area contributed by atoms with Crippen LogP contribution in [0, 0.1) is 0 Å². The Hall–Kier alpha value is -0.440. The predicted molar refractivity (Wildman–Crippen MR) is 79.0 cm³/mol. The normalized spacial score (nSPS) is 12.7. The Morgan fingerprint density at radius 3 is 2.39 bits per heavy atom. The fraction of sp³-hybridized carbons (Fsp3) is 0.571. The highest BCUT2D eigenvalue weighted by molar-refractivity contribution is 6.18. The Balaban J connectivity index is 2.69. The number of halogens is 2. The topological polar surface area (TPSA) is 12.5 Å². The Kier molecular flexibility index (Phi) is 7.48. The molecule has 0 heterocycles. The van der Waals surface area contributed by atoms with Gasteiger partial charge in [-0.15, -0.1) is 23.2 Å². The van der Waals surface area contributed by atoms with Gasteiger partial charge in [0.2, 0.25) is 0 Å². The van der Waals surface area contributed by atoms with Gasteiger partial charge in [0.1, 0.15) is 5.75 Å². The summed E-state index contributed by atoms with van der Waals surface area (Å²) >= 11 is 11.8. The lowest BCUT2D eigenvalue weighted by Gasteiger charge is -2.26. The second kappa shape index (κ2) is 8.63. The SMILES string of the molecule is CCCOc1ccc(C(CCl)N(C)CCCl)cc1. The molecule has 4 heteroatoms. The summed E-state index contributed by atoms with van der Waals surface area (Å²) in [5.41, 5.74) is 1.20. The summed E-state index contributed by atoms with van der Waals surface area (Å²) in [7, 11) is 2.04. The van der Waals surface area contributed by atoms with Crippen LogP contribution < -0.4 is 4.74 Å². The van der Waals surface area contributed by atoms with Crippen LogP contribution in [-0.4, -0.2) is 36.9 Å². The summed E-state index contributed by atoms with van der Waals surface area (Å²) in [5, 5.41) is 0. The van der Waals surface area contributed by atoms with Crippen molar-refractivity contribution in [3.63, 3.8) is 0 Å². The number of hydrogen-bond acceptors (Lipinski definition) is 2. The highest BCUT2D eigenvalue weighted by Gasteiger charge is 2.15. The third-order valence-electron chi connectivity index (χ3n) is 2.85. The zero-order valence-corrected chi connectivity index (χ0v) is 12.5. The van der Waals surface area contributed by atoms with Gasteiger partial charge in [-0.25, -0.2) is 0 Å². The molecule has 0 aliphatic carbocycles. The van der Waals surface area contributed by atoms with Crippen molar-refractivity contribution in [2.45, 2.75) is 19.4 Å². The van der Waals surface area contributed by atoms with E-state index in [9.17, 15) is 0 Å². The molecule has 0 spiro atoms. The van der Waals surface area contributed by atoms with Crippen molar-refractivity contribution in [1.29, 1.82) is 0 Å². The van der Waals surface area contributed by atoms with Crippen molar-refractivity contribution >= 4 is 23.2 Å². The first-order valence-electron chi connectivity index (χ1n) is 6.27. The van der Waals surface area contributed by atoms with Crippen LogP contribution in [-0.2, 0) is 0 Å². The van der Waals surface area contributed by atoms with Crippen LogP contribution in [0.15, 0.2) is 24.3 Å². The van der Waals surface area contributed by atoms with E-state index < -0.39 is 0 Å². The van der Waals surface area contributed by atoms with Gasteiger partial charge < -0.3 is 4.74 Å². The maximum atomic E-state index is 6.04. The van der Waals surface area contributed by atoms with Crippen LogP contribution in [0.1, 0.15) is 24.9 Å². The lowest BCUT2D eigenvalue weighted by molar-refractivity contribution is 0.280. The first-order valence-corrected chi connectivity index (χ1v) is 7.34. The molecule has 0 saturated carbocycles. The first-order chi connectivity index (χ1) is 8.72. The molecule has 0 N–H and O–H groups in total. The molecule has 0 aliphatic rings. The van der Waals surface area contributed by atoms with E-state index in [4.69, 9.17) is 27.9 Å². The fourth-order valence-electron chi connectivity index (χ4n) is 1.76. The van der Waals surface area contributed by atoms with E-state index in [2.05, 4.69) is 24.0 Å². The molecular formula is C14H21Cl2NO. The highest BCUT2D eigenvalue weighted by Crippen LogP contribution is 2.23. The van der Waals surface area contributed by atoms with Crippen molar-refractivity contribution in [3.05, 3.63) is 29.8 Å². The molecule has 0 aliphatic heterocycles. The van der Waals surface area contributed by atoms with Gasteiger partial charge in [0.15, 0.2) is 0 Å². The molecule has 1 aromatic rings. The maximum absolute atomic E-state index is 6.04. The van der Waals surface area contributed by atoms with Crippen molar-refractivity contribution in [3.8, 4) is 5.75 Å². The predicted octanol–water partition coefficient (Wildman–Crippen LogP) is 3.93. The van der Waals surface area contributed by atoms with Gasteiger partial charge in [-0.05, 0) is 31.2 Å². The van der Waals surface area contributed by atoms with Crippen LogP contribution in [0.3, 0.4) is 0 Å². The molecule has 0 bridgehead atoms. The zero-order chi connectivity index (χ0) is 13.4. The summed E-state index contributed by atoms with van der Waals surface area (Å²) in [4.78, 5) is 2.17. The minimum absolute atomic E-state index is 0.200. The van der Waals surface area contributed by atoms with Crippen LogP contribution in [0.2, 0.25) is 0 Å². The van der Waals surface area contributed by atoms with E-state index in [-0.39, 0.29) is 6.04 Å². The average molecular weight is 290 g/mol. The minimum atomic E-state index is 0.200. The smallest absolute Gasteiger partial charge is 0.119 e. The summed E-state index contributed by atoms with van der Waals surface area (Å²) in [6, 6.07) is 8.34. The number of benzene rings is 1. The highest BCUT2D eigenvalue weighted by atomic mass is 35.5. The second-order valence-corrected chi connectivity index (χ2v) is 4.94. The molecule has 1 unspecified atom stereocenters. The lowest BCUT2D eigenvalue weighted by Crippen LogP contribution is -2.27. The molecule has 2 nitrogen and oxygen atoms in total. The summed E-state index contributed by atoms with van der Waals surface area (Å²) < 4.78 is 5.56. The van der Waals surface area contributed by atoms with E-state index in [1.807, 2.05) is 19.2 Å². The van der Waals surface area contributed by atoms with Gasteiger partial charge >= 0.3 is 0 Å². The molecular weight excluding hydrogens is 269 g/mol. The molecule has 0 aromatic heterocycles. The largest absolute Gasteiger partial charge is 0.494 e. The van der Waals surface area contributed by atoms with Gasteiger partial charge in [0, 0.05) is 24.3 Å². The van der Waals surface area contributed by atoms with Crippen molar-refractivity contribution in [2.75, 3.05) is 32.0 Å². The number of rotatable bonds is 8. The van der Waals surface area contributed by atoms with E-state index in [0.717, 1.165) is 25.3 Å². The average Bonchev–Trinajstić information content (AvgIpc) is 2.39. The monoisotopic (exact) mass is 289 g/mol. The summed E-state index contributed by atoms with van der Waals surface area (Å²) in [6.07, 6.45) is 1.02. The standard InChI is InChI=1S/C14H21Cl2NO/c1-3-10-18-13-6-4-12(5-7-13)14(11-16)17(2)9-8-15/h4-7,14H,3,8-11H2,1-2H3. The molecule has 0 saturated heterocycles. The van der Waals surface area contributed by atoms with Crippen LogP contribution in [0.25, 0.3) is 0 Å². The van der Waals surface area contributed by atoms with Gasteiger partial charge in [0.25, 0.3) is 0 Å². The van der Waals surface area contributed by atoms with E-state index in [1.54, 1.807) is 0 Å². The summed E-state index contributed by atoms with van der Waals surface area (Å²) in [6.45, 7) is 3.68. The first kappa shape index (κ1) is 15.6. The minimum Gasteiger partial charge on any atom is -0.494 e. The molecule has 102 valence electrons. The number of nitrogens with zero attached hydrogens (tertiary/aromatic N) is 1. The van der Waals surface area contributed by atoms with Crippen molar-refractivity contribution in [1.82, 2.24) is 4.90 Å². The molecule has 0 amide bonds. The summed E-state index contributed by atoms with van der Waals surface area (Å²) in [5.74, 6) is 2.08. The number of ether oxygens (including phenoxy) is 1.